The summed E-state index contributed by atoms with van der Waals surface area (Å²) < 4.78 is 4.62. The lowest BCUT2D eigenvalue weighted by molar-refractivity contribution is -0.139. The van der Waals surface area contributed by atoms with Crippen molar-refractivity contribution < 1.29 is 9.53 Å². The zero-order chi connectivity index (χ0) is 12.8. The third-order valence-electron chi connectivity index (χ3n) is 2.70. The van der Waals surface area contributed by atoms with Crippen molar-refractivity contribution in [3.63, 3.8) is 0 Å². The molecule has 1 unspecified atom stereocenters. The van der Waals surface area contributed by atoms with E-state index in [1.807, 2.05) is 12.4 Å². The number of carbonyl (C=O) groups is 1. The van der Waals surface area contributed by atoms with Gasteiger partial charge in [0.2, 0.25) is 0 Å². The van der Waals surface area contributed by atoms with E-state index in [4.69, 9.17) is 0 Å². The van der Waals surface area contributed by atoms with Gasteiger partial charge in [-0.25, -0.2) is 4.98 Å². The molecule has 1 aromatic rings. The van der Waals surface area contributed by atoms with E-state index >= 15 is 0 Å². The Morgan fingerprint density at radius 3 is 2.94 bits per heavy atom. The number of hydrogen-bond acceptors (Lipinski definition) is 5. The van der Waals surface area contributed by atoms with Crippen LogP contribution in [-0.4, -0.2) is 31.7 Å². The van der Waals surface area contributed by atoms with Crippen molar-refractivity contribution in [3.05, 3.63) is 11.1 Å². The van der Waals surface area contributed by atoms with E-state index in [1.54, 1.807) is 11.3 Å². The molecule has 0 saturated carbocycles. The molecule has 1 aromatic heterocycles. The lowest BCUT2D eigenvalue weighted by Crippen LogP contribution is -2.23. The largest absolute Gasteiger partial charge is 0.469 e. The number of anilines is 1. The van der Waals surface area contributed by atoms with Crippen molar-refractivity contribution in [1.82, 2.24) is 4.98 Å². The van der Waals surface area contributed by atoms with Crippen LogP contribution >= 0.6 is 11.3 Å². The van der Waals surface area contributed by atoms with Crippen molar-refractivity contribution in [1.29, 1.82) is 0 Å². The maximum atomic E-state index is 11.1. The van der Waals surface area contributed by atoms with Crippen LogP contribution in [0.5, 0.6) is 0 Å². The molecule has 0 aliphatic rings. The van der Waals surface area contributed by atoms with Gasteiger partial charge in [0.25, 0.3) is 0 Å². The first kappa shape index (κ1) is 14.0. The molecule has 0 aliphatic carbocycles. The zero-order valence-electron chi connectivity index (χ0n) is 10.9. The van der Waals surface area contributed by atoms with Crippen LogP contribution in [0.25, 0.3) is 0 Å². The Balaban J connectivity index is 2.57. The second-order valence-electron chi connectivity index (χ2n) is 4.27. The predicted molar refractivity (Wildman–Crippen MR) is 70.6 cm³/mol. The molecule has 96 valence electrons. The van der Waals surface area contributed by atoms with Crippen LogP contribution in [-0.2, 0) is 16.0 Å². The van der Waals surface area contributed by atoms with E-state index in [2.05, 4.69) is 28.5 Å². The average molecular weight is 256 g/mol. The van der Waals surface area contributed by atoms with Gasteiger partial charge in [0.05, 0.1) is 19.2 Å². The molecule has 0 aromatic carbocycles. The van der Waals surface area contributed by atoms with Gasteiger partial charge in [-0.3, -0.25) is 4.79 Å². The van der Waals surface area contributed by atoms with Gasteiger partial charge >= 0.3 is 5.97 Å². The molecular weight excluding hydrogens is 236 g/mol. The second-order valence-corrected chi connectivity index (χ2v) is 5.10. The fourth-order valence-corrected chi connectivity index (χ4v) is 2.25. The number of hydrogen-bond donors (Lipinski definition) is 0. The van der Waals surface area contributed by atoms with Gasteiger partial charge in [-0.05, 0) is 5.92 Å². The Kier molecular flexibility index (Phi) is 5.41. The van der Waals surface area contributed by atoms with Crippen LogP contribution < -0.4 is 4.90 Å². The van der Waals surface area contributed by atoms with Crippen LogP contribution in [0.15, 0.2) is 5.38 Å². The van der Waals surface area contributed by atoms with Crippen LogP contribution in [0, 0.1) is 5.92 Å². The van der Waals surface area contributed by atoms with Crippen LogP contribution in [0.3, 0.4) is 0 Å². The SMILES string of the molecule is CCC(C)CN(C)c1nc(CC(=O)OC)cs1. The van der Waals surface area contributed by atoms with Gasteiger partial charge in [-0.1, -0.05) is 20.3 Å². The van der Waals surface area contributed by atoms with Gasteiger partial charge in [0.1, 0.15) is 0 Å². The standard InChI is InChI=1S/C12H20N2O2S/c1-5-9(2)7-14(3)12-13-10(8-17-12)6-11(15)16-4/h8-9H,5-7H2,1-4H3. The Hall–Kier alpha value is -1.10. The Labute approximate surface area is 107 Å². The summed E-state index contributed by atoms with van der Waals surface area (Å²) in [5.74, 6) is 0.402. The molecule has 0 bridgehead atoms. The molecule has 0 amide bonds. The Bertz CT molecular complexity index is 365. The lowest BCUT2D eigenvalue weighted by atomic mass is 10.1. The molecule has 17 heavy (non-hydrogen) atoms. The molecule has 4 nitrogen and oxygen atoms in total. The summed E-state index contributed by atoms with van der Waals surface area (Å²) in [5.41, 5.74) is 0.785. The summed E-state index contributed by atoms with van der Waals surface area (Å²) in [7, 11) is 3.43. The van der Waals surface area contributed by atoms with Crippen molar-refractivity contribution in [3.8, 4) is 0 Å². The van der Waals surface area contributed by atoms with E-state index < -0.39 is 0 Å². The zero-order valence-corrected chi connectivity index (χ0v) is 11.7. The van der Waals surface area contributed by atoms with Gasteiger partial charge in [-0.15, -0.1) is 11.3 Å². The van der Waals surface area contributed by atoms with E-state index in [0.29, 0.717) is 5.92 Å². The summed E-state index contributed by atoms with van der Waals surface area (Å²) in [6.07, 6.45) is 1.41. The van der Waals surface area contributed by atoms with Crippen molar-refractivity contribution >= 4 is 22.4 Å². The topological polar surface area (TPSA) is 42.4 Å². The lowest BCUT2D eigenvalue weighted by Gasteiger charge is -2.19. The molecule has 5 heteroatoms. The molecule has 1 heterocycles. The Morgan fingerprint density at radius 2 is 2.35 bits per heavy atom. The van der Waals surface area contributed by atoms with Crippen LogP contribution in [0.2, 0.25) is 0 Å². The minimum Gasteiger partial charge on any atom is -0.469 e. The summed E-state index contributed by atoms with van der Waals surface area (Å²) in [6, 6.07) is 0. The van der Waals surface area contributed by atoms with E-state index in [-0.39, 0.29) is 12.4 Å². The summed E-state index contributed by atoms with van der Waals surface area (Å²) >= 11 is 1.57. The number of ether oxygens (including phenoxy) is 1. The van der Waals surface area contributed by atoms with Crippen LogP contribution in [0.1, 0.15) is 26.0 Å². The monoisotopic (exact) mass is 256 g/mol. The minimum atomic E-state index is -0.244. The van der Waals surface area contributed by atoms with Gasteiger partial charge < -0.3 is 9.64 Å². The third kappa shape index (κ3) is 4.34. The smallest absolute Gasteiger partial charge is 0.311 e. The number of thiazole rings is 1. The average Bonchev–Trinajstić information content (AvgIpc) is 2.77. The number of esters is 1. The molecular formula is C12H20N2O2S. The molecule has 0 fully saturated rings. The Morgan fingerprint density at radius 1 is 1.65 bits per heavy atom. The highest BCUT2D eigenvalue weighted by Crippen LogP contribution is 2.21. The normalized spacial score (nSPS) is 12.2. The highest BCUT2D eigenvalue weighted by Gasteiger charge is 2.11. The summed E-state index contributed by atoms with van der Waals surface area (Å²) in [4.78, 5) is 17.7. The maximum absolute atomic E-state index is 11.1. The van der Waals surface area contributed by atoms with E-state index in [0.717, 1.165) is 23.8 Å². The summed E-state index contributed by atoms with van der Waals surface area (Å²) in [6.45, 7) is 5.39. The quantitative estimate of drug-likeness (QED) is 0.733. The van der Waals surface area contributed by atoms with Crippen LogP contribution in [0.4, 0.5) is 5.13 Å². The number of rotatable bonds is 6. The predicted octanol–water partition coefficient (Wildman–Crippen LogP) is 2.34. The molecule has 0 saturated heterocycles. The highest BCUT2D eigenvalue weighted by molar-refractivity contribution is 7.13. The van der Waals surface area contributed by atoms with Gasteiger partial charge in [0.15, 0.2) is 5.13 Å². The summed E-state index contributed by atoms with van der Waals surface area (Å²) in [5, 5.41) is 2.88. The van der Waals surface area contributed by atoms with E-state index in [1.165, 1.54) is 7.11 Å². The fraction of sp³-hybridized carbons (Fsp3) is 0.667. The van der Waals surface area contributed by atoms with Crippen molar-refractivity contribution in [2.45, 2.75) is 26.7 Å². The minimum absolute atomic E-state index is 0.244. The highest BCUT2D eigenvalue weighted by atomic mass is 32.1. The first-order valence-corrected chi connectivity index (χ1v) is 6.67. The maximum Gasteiger partial charge on any atom is 0.311 e. The number of nitrogens with zero attached hydrogens (tertiary/aromatic N) is 2. The number of aromatic nitrogens is 1. The van der Waals surface area contributed by atoms with Crippen molar-refractivity contribution in [2.24, 2.45) is 5.92 Å². The van der Waals surface area contributed by atoms with Crippen molar-refractivity contribution in [2.75, 3.05) is 25.6 Å². The third-order valence-corrected chi connectivity index (χ3v) is 3.71. The fourth-order valence-electron chi connectivity index (χ4n) is 1.45. The molecule has 1 rings (SSSR count). The van der Waals surface area contributed by atoms with Gasteiger partial charge in [0, 0.05) is 19.0 Å². The van der Waals surface area contributed by atoms with Gasteiger partial charge in [-0.2, -0.15) is 0 Å². The molecule has 0 spiro atoms. The number of methoxy groups -OCH3 is 1. The van der Waals surface area contributed by atoms with E-state index in [9.17, 15) is 4.79 Å². The second kappa shape index (κ2) is 6.59. The molecule has 0 N–H and O–H groups in total. The number of carbonyl (C=O) groups excluding carboxylic acids is 1. The molecule has 1 atom stereocenters. The molecule has 0 aliphatic heterocycles. The first-order chi connectivity index (χ1) is 8.06. The molecule has 0 radical (unpaired) electrons. The first-order valence-electron chi connectivity index (χ1n) is 5.79.